The summed E-state index contributed by atoms with van der Waals surface area (Å²) < 4.78 is 0. The second-order valence-corrected chi connectivity index (χ2v) is 7.11. The van der Waals surface area contributed by atoms with Crippen molar-refractivity contribution in [2.45, 2.75) is 69.5 Å². The van der Waals surface area contributed by atoms with Gasteiger partial charge in [-0.2, -0.15) is 0 Å². The molecule has 3 atom stereocenters. The van der Waals surface area contributed by atoms with Gasteiger partial charge in [0.25, 0.3) is 5.91 Å². The molecule has 1 heterocycles. The van der Waals surface area contributed by atoms with E-state index in [1.165, 1.54) is 0 Å². The van der Waals surface area contributed by atoms with Crippen molar-refractivity contribution < 1.29 is 14.4 Å². The number of urea groups is 1. The van der Waals surface area contributed by atoms with E-state index in [0.717, 1.165) is 37.0 Å². The lowest BCUT2D eigenvalue weighted by molar-refractivity contribution is -0.138. The molecular formula is C16H26N4O3. The van der Waals surface area contributed by atoms with E-state index in [0.29, 0.717) is 19.4 Å². The van der Waals surface area contributed by atoms with E-state index in [2.05, 4.69) is 10.6 Å². The highest BCUT2D eigenvalue weighted by atomic mass is 16.2. The minimum Gasteiger partial charge on any atom is -0.351 e. The fourth-order valence-corrected chi connectivity index (χ4v) is 4.24. The number of rotatable bonds is 4. The zero-order chi connectivity index (χ0) is 16.6. The van der Waals surface area contributed by atoms with Crippen LogP contribution in [0.4, 0.5) is 4.79 Å². The first-order chi connectivity index (χ1) is 11.0. The third-order valence-electron chi connectivity index (χ3n) is 5.71. The third-order valence-corrected chi connectivity index (χ3v) is 5.71. The van der Waals surface area contributed by atoms with Gasteiger partial charge in [0.2, 0.25) is 5.91 Å². The van der Waals surface area contributed by atoms with Crippen molar-refractivity contribution in [3.8, 4) is 0 Å². The summed E-state index contributed by atoms with van der Waals surface area (Å²) in [7, 11) is 0. The van der Waals surface area contributed by atoms with Crippen molar-refractivity contribution in [1.29, 1.82) is 0 Å². The van der Waals surface area contributed by atoms with E-state index in [4.69, 9.17) is 5.73 Å². The van der Waals surface area contributed by atoms with Crippen LogP contribution in [0.2, 0.25) is 0 Å². The summed E-state index contributed by atoms with van der Waals surface area (Å²) in [5.41, 5.74) is 4.98. The lowest BCUT2D eigenvalue weighted by Crippen LogP contribution is -2.52. The summed E-state index contributed by atoms with van der Waals surface area (Å²) in [5, 5.41) is 5.80. The monoisotopic (exact) mass is 322 g/mol. The maximum atomic E-state index is 12.7. The molecule has 1 saturated heterocycles. The first-order valence-electron chi connectivity index (χ1n) is 8.65. The fourth-order valence-electron chi connectivity index (χ4n) is 4.24. The van der Waals surface area contributed by atoms with Crippen LogP contribution in [0.15, 0.2) is 0 Å². The lowest BCUT2D eigenvalue weighted by atomic mass is 9.97. The molecule has 2 aliphatic carbocycles. The highest BCUT2D eigenvalue weighted by Gasteiger charge is 2.54. The Balaban J connectivity index is 1.67. The molecule has 0 aromatic carbocycles. The van der Waals surface area contributed by atoms with Crippen molar-refractivity contribution in [3.05, 3.63) is 0 Å². The predicted molar refractivity (Wildman–Crippen MR) is 84.4 cm³/mol. The minimum absolute atomic E-state index is 0.0520. The molecule has 1 aliphatic heterocycles. The SMILES string of the molecule is CC(C(=O)NC1CCCC1CN)N1C(=O)NC2(CCCC2)C1=O. The first-order valence-corrected chi connectivity index (χ1v) is 8.65. The van der Waals surface area contributed by atoms with Crippen molar-refractivity contribution in [2.75, 3.05) is 6.54 Å². The van der Waals surface area contributed by atoms with Crippen LogP contribution in [0.3, 0.4) is 0 Å². The van der Waals surface area contributed by atoms with Gasteiger partial charge in [0.15, 0.2) is 0 Å². The summed E-state index contributed by atoms with van der Waals surface area (Å²) in [6, 6.07) is -1.18. The van der Waals surface area contributed by atoms with Gasteiger partial charge in [0.1, 0.15) is 11.6 Å². The second-order valence-electron chi connectivity index (χ2n) is 7.11. The molecule has 4 amide bonds. The normalized spacial score (nSPS) is 30.8. The number of nitrogens with zero attached hydrogens (tertiary/aromatic N) is 1. The van der Waals surface area contributed by atoms with E-state index in [1.807, 2.05) is 0 Å². The van der Waals surface area contributed by atoms with E-state index in [9.17, 15) is 14.4 Å². The molecular weight excluding hydrogens is 296 g/mol. The molecule has 0 bridgehead atoms. The molecule has 3 unspecified atom stereocenters. The Hall–Kier alpha value is -1.63. The summed E-state index contributed by atoms with van der Waals surface area (Å²) in [4.78, 5) is 38.6. The summed E-state index contributed by atoms with van der Waals surface area (Å²) in [6.07, 6.45) is 6.17. The Morgan fingerprint density at radius 3 is 2.70 bits per heavy atom. The zero-order valence-corrected chi connectivity index (χ0v) is 13.6. The van der Waals surface area contributed by atoms with Crippen LogP contribution in [0.5, 0.6) is 0 Å². The van der Waals surface area contributed by atoms with Crippen LogP contribution in [0, 0.1) is 5.92 Å². The average molecular weight is 322 g/mol. The Morgan fingerprint density at radius 1 is 1.35 bits per heavy atom. The van der Waals surface area contributed by atoms with Crippen LogP contribution in [0.25, 0.3) is 0 Å². The molecule has 7 nitrogen and oxygen atoms in total. The van der Waals surface area contributed by atoms with E-state index < -0.39 is 17.6 Å². The van der Waals surface area contributed by atoms with Gasteiger partial charge in [-0.05, 0) is 45.1 Å². The average Bonchev–Trinajstić information content (AvgIpc) is 3.21. The number of hydrogen-bond donors (Lipinski definition) is 3. The molecule has 0 aromatic rings. The third kappa shape index (κ3) is 2.71. The summed E-state index contributed by atoms with van der Waals surface area (Å²) in [5.74, 6) is -0.228. The van der Waals surface area contributed by atoms with Crippen LogP contribution >= 0.6 is 0 Å². The molecule has 2 saturated carbocycles. The van der Waals surface area contributed by atoms with Crippen molar-refractivity contribution in [1.82, 2.24) is 15.5 Å². The van der Waals surface area contributed by atoms with Gasteiger partial charge in [0.05, 0.1) is 0 Å². The van der Waals surface area contributed by atoms with Gasteiger partial charge in [-0.15, -0.1) is 0 Å². The molecule has 0 aromatic heterocycles. The largest absolute Gasteiger partial charge is 0.351 e. The molecule has 23 heavy (non-hydrogen) atoms. The fraction of sp³-hybridized carbons (Fsp3) is 0.812. The number of carbonyl (C=O) groups is 3. The van der Waals surface area contributed by atoms with Crippen LogP contribution < -0.4 is 16.4 Å². The summed E-state index contributed by atoms with van der Waals surface area (Å²) >= 11 is 0. The van der Waals surface area contributed by atoms with Gasteiger partial charge >= 0.3 is 6.03 Å². The lowest BCUT2D eigenvalue weighted by Gasteiger charge is -2.26. The van der Waals surface area contributed by atoms with Gasteiger partial charge < -0.3 is 16.4 Å². The quantitative estimate of drug-likeness (QED) is 0.655. The smallest absolute Gasteiger partial charge is 0.325 e. The van der Waals surface area contributed by atoms with Crippen molar-refractivity contribution in [2.24, 2.45) is 11.7 Å². The Kier molecular flexibility index (Phi) is 4.31. The van der Waals surface area contributed by atoms with Crippen LogP contribution in [-0.4, -0.2) is 46.9 Å². The molecule has 128 valence electrons. The predicted octanol–water partition coefficient (Wildman–Crippen LogP) is 0.483. The molecule has 3 rings (SSSR count). The number of nitrogens with one attached hydrogen (secondary N) is 2. The highest BCUT2D eigenvalue weighted by molar-refractivity contribution is 6.09. The Morgan fingerprint density at radius 2 is 2.04 bits per heavy atom. The number of carbonyl (C=O) groups excluding carboxylic acids is 3. The topological polar surface area (TPSA) is 105 Å². The highest BCUT2D eigenvalue weighted by Crippen LogP contribution is 2.35. The van der Waals surface area contributed by atoms with Gasteiger partial charge in [-0.3, -0.25) is 9.59 Å². The molecule has 1 spiro atoms. The number of imide groups is 1. The number of nitrogens with two attached hydrogens (primary N) is 1. The second kappa shape index (κ2) is 6.11. The maximum absolute atomic E-state index is 12.7. The van der Waals surface area contributed by atoms with Gasteiger partial charge in [0, 0.05) is 6.04 Å². The standard InChI is InChI=1S/C16H26N4O3/c1-10(13(21)18-12-6-4-5-11(12)9-17)20-14(22)16(19-15(20)23)7-2-3-8-16/h10-12H,2-9,17H2,1H3,(H,18,21)(H,19,23). The van der Waals surface area contributed by atoms with Crippen molar-refractivity contribution in [3.63, 3.8) is 0 Å². The first kappa shape index (κ1) is 16.2. The van der Waals surface area contributed by atoms with Crippen LogP contribution in [0.1, 0.15) is 51.9 Å². The molecule has 7 heteroatoms. The minimum atomic E-state index is -0.790. The van der Waals surface area contributed by atoms with Gasteiger partial charge in [-0.25, -0.2) is 9.69 Å². The number of hydrogen-bond acceptors (Lipinski definition) is 4. The molecule has 3 fully saturated rings. The van der Waals surface area contributed by atoms with E-state index >= 15 is 0 Å². The summed E-state index contributed by atoms with van der Waals surface area (Å²) in [6.45, 7) is 2.17. The number of amides is 4. The molecule has 0 radical (unpaired) electrons. The Labute approximate surface area is 136 Å². The van der Waals surface area contributed by atoms with Crippen LogP contribution in [-0.2, 0) is 9.59 Å². The van der Waals surface area contributed by atoms with Crippen molar-refractivity contribution >= 4 is 17.8 Å². The Bertz CT molecular complexity index is 515. The van der Waals surface area contributed by atoms with Gasteiger partial charge in [-0.1, -0.05) is 19.3 Å². The molecule has 3 aliphatic rings. The maximum Gasteiger partial charge on any atom is 0.325 e. The zero-order valence-electron chi connectivity index (χ0n) is 13.6. The van der Waals surface area contributed by atoms with E-state index in [1.54, 1.807) is 6.92 Å². The molecule has 4 N–H and O–H groups in total. The van der Waals surface area contributed by atoms with E-state index in [-0.39, 0.29) is 23.8 Å².